The number of ketones is 1. The highest BCUT2D eigenvalue weighted by Gasteiger charge is 2.21. The lowest BCUT2D eigenvalue weighted by Crippen LogP contribution is -2.09. The van der Waals surface area contributed by atoms with E-state index in [1.807, 2.05) is 66.2 Å². The van der Waals surface area contributed by atoms with Crippen molar-refractivity contribution in [2.24, 2.45) is 0 Å². The first-order chi connectivity index (χ1) is 17.4. The minimum absolute atomic E-state index is 0.0335. The van der Waals surface area contributed by atoms with E-state index in [1.165, 1.54) is 30.8 Å². The van der Waals surface area contributed by atoms with Crippen LogP contribution in [0.4, 0.5) is 10.1 Å². The number of rotatable bonds is 7. The summed E-state index contributed by atoms with van der Waals surface area (Å²) in [5, 5.41) is 12.9. The summed E-state index contributed by atoms with van der Waals surface area (Å²) >= 11 is 1.19. The lowest BCUT2D eigenvalue weighted by atomic mass is 10.1. The number of aromatic amines is 1. The molecule has 0 atom stereocenters. The first-order valence-electron chi connectivity index (χ1n) is 11.2. The number of nitrogens with one attached hydrogen (secondary N) is 2. The SMILES string of the molecule is CC(=O)Nc1ccc(C(=O)CSc2nnc(-c3c[nH]c4ccccc34)n2-c2cccc(C)c2)c(F)c1. The Morgan fingerprint density at radius 1 is 1.06 bits per heavy atom. The van der Waals surface area contributed by atoms with E-state index < -0.39 is 5.82 Å². The zero-order valence-electron chi connectivity index (χ0n) is 19.6. The van der Waals surface area contributed by atoms with Crippen LogP contribution in [0.25, 0.3) is 28.0 Å². The summed E-state index contributed by atoms with van der Waals surface area (Å²) in [4.78, 5) is 27.4. The third-order valence-electron chi connectivity index (χ3n) is 5.65. The second kappa shape index (κ2) is 9.79. The Labute approximate surface area is 210 Å². The molecule has 0 radical (unpaired) electrons. The highest BCUT2D eigenvalue weighted by molar-refractivity contribution is 7.99. The number of thioether (sulfide) groups is 1. The average molecular weight is 500 g/mol. The minimum atomic E-state index is -0.688. The fourth-order valence-electron chi connectivity index (χ4n) is 4.02. The van der Waals surface area contributed by atoms with E-state index in [0.717, 1.165) is 33.8 Å². The van der Waals surface area contributed by atoms with E-state index in [0.29, 0.717) is 16.7 Å². The maximum Gasteiger partial charge on any atom is 0.221 e. The molecule has 5 aromatic rings. The number of amides is 1. The summed E-state index contributed by atoms with van der Waals surface area (Å²) in [5.41, 5.74) is 4.05. The maximum absolute atomic E-state index is 14.6. The quantitative estimate of drug-likeness (QED) is 0.218. The van der Waals surface area contributed by atoms with Crippen LogP contribution >= 0.6 is 11.8 Å². The van der Waals surface area contributed by atoms with Crippen LogP contribution in [0.2, 0.25) is 0 Å². The molecule has 0 aliphatic heterocycles. The van der Waals surface area contributed by atoms with Gasteiger partial charge in [-0.05, 0) is 48.9 Å². The standard InChI is InChI=1S/C27H22FN5O2S/c1-16-6-5-7-19(12-16)33-26(22-14-29-24-9-4-3-8-20(22)24)31-32-27(33)36-15-25(35)21-11-10-18(13-23(21)28)30-17(2)34/h3-14,29H,15H2,1-2H3,(H,30,34). The van der Waals surface area contributed by atoms with Gasteiger partial charge in [0.05, 0.1) is 11.3 Å². The van der Waals surface area contributed by atoms with Gasteiger partial charge in [0.2, 0.25) is 5.91 Å². The molecule has 0 spiro atoms. The van der Waals surface area contributed by atoms with Crippen molar-refractivity contribution in [2.75, 3.05) is 11.1 Å². The van der Waals surface area contributed by atoms with Crippen molar-refractivity contribution in [3.8, 4) is 17.1 Å². The van der Waals surface area contributed by atoms with E-state index in [4.69, 9.17) is 0 Å². The number of carbonyl (C=O) groups excluding carboxylic acids is 2. The molecule has 0 unspecified atom stereocenters. The Hall–Kier alpha value is -4.24. The number of nitrogens with zero attached hydrogens (tertiary/aromatic N) is 3. The lowest BCUT2D eigenvalue weighted by Gasteiger charge is -2.11. The summed E-state index contributed by atoms with van der Waals surface area (Å²) in [7, 11) is 0. The van der Waals surface area contributed by atoms with E-state index in [2.05, 4.69) is 20.5 Å². The third kappa shape index (κ3) is 4.65. The number of hydrogen-bond acceptors (Lipinski definition) is 5. The van der Waals surface area contributed by atoms with Crippen LogP contribution in [-0.2, 0) is 4.79 Å². The molecule has 7 nitrogen and oxygen atoms in total. The van der Waals surface area contributed by atoms with Crippen molar-refractivity contribution in [3.05, 3.63) is 89.9 Å². The van der Waals surface area contributed by atoms with Crippen molar-refractivity contribution >= 4 is 40.0 Å². The zero-order chi connectivity index (χ0) is 25.2. The van der Waals surface area contributed by atoms with Crippen molar-refractivity contribution in [2.45, 2.75) is 19.0 Å². The highest BCUT2D eigenvalue weighted by Crippen LogP contribution is 2.33. The van der Waals surface area contributed by atoms with Gasteiger partial charge in [0.1, 0.15) is 5.82 Å². The van der Waals surface area contributed by atoms with Crippen LogP contribution in [0.3, 0.4) is 0 Å². The molecule has 2 heterocycles. The van der Waals surface area contributed by atoms with E-state index in [9.17, 15) is 14.0 Å². The Kier molecular flexibility index (Phi) is 6.39. The summed E-state index contributed by atoms with van der Waals surface area (Å²) in [5.74, 6) is -0.788. The van der Waals surface area contributed by atoms with Gasteiger partial charge in [-0.3, -0.25) is 14.2 Å². The first-order valence-corrected chi connectivity index (χ1v) is 12.2. The van der Waals surface area contributed by atoms with E-state index in [1.54, 1.807) is 0 Å². The number of para-hydroxylation sites is 1. The Morgan fingerprint density at radius 3 is 2.67 bits per heavy atom. The minimum Gasteiger partial charge on any atom is -0.360 e. The molecule has 5 rings (SSSR count). The second-order valence-corrected chi connectivity index (χ2v) is 9.26. The third-order valence-corrected chi connectivity index (χ3v) is 6.57. The molecular weight excluding hydrogens is 477 g/mol. The van der Waals surface area contributed by atoms with Gasteiger partial charge in [0.25, 0.3) is 0 Å². The molecule has 9 heteroatoms. The van der Waals surface area contributed by atoms with Crippen molar-refractivity contribution in [1.29, 1.82) is 0 Å². The highest BCUT2D eigenvalue weighted by atomic mass is 32.2. The topological polar surface area (TPSA) is 92.7 Å². The monoisotopic (exact) mass is 499 g/mol. The molecule has 180 valence electrons. The molecule has 2 aromatic heterocycles. The predicted octanol–water partition coefficient (Wildman–Crippen LogP) is 5.80. The summed E-state index contributed by atoms with van der Waals surface area (Å²) in [6.07, 6.45) is 1.90. The number of aromatic nitrogens is 4. The fourth-order valence-corrected chi connectivity index (χ4v) is 4.86. The molecular formula is C27H22FN5O2S. The van der Waals surface area contributed by atoms with Crippen molar-refractivity contribution in [3.63, 3.8) is 0 Å². The van der Waals surface area contributed by atoms with Crippen LogP contribution in [0.15, 0.2) is 78.1 Å². The molecule has 0 bridgehead atoms. The molecule has 2 N–H and O–H groups in total. The van der Waals surface area contributed by atoms with Gasteiger partial charge < -0.3 is 10.3 Å². The van der Waals surface area contributed by atoms with Gasteiger partial charge >= 0.3 is 0 Å². The molecule has 0 aliphatic rings. The largest absolute Gasteiger partial charge is 0.360 e. The molecule has 36 heavy (non-hydrogen) atoms. The number of aryl methyl sites for hydroxylation is 1. The normalized spacial score (nSPS) is 11.1. The lowest BCUT2D eigenvalue weighted by molar-refractivity contribution is -0.114. The predicted molar refractivity (Wildman–Crippen MR) is 139 cm³/mol. The Morgan fingerprint density at radius 2 is 1.89 bits per heavy atom. The second-order valence-electron chi connectivity index (χ2n) is 8.32. The Balaban J connectivity index is 1.48. The number of fused-ring (bicyclic) bond motifs is 1. The van der Waals surface area contributed by atoms with Crippen LogP contribution in [-0.4, -0.2) is 37.2 Å². The molecule has 0 aliphatic carbocycles. The van der Waals surface area contributed by atoms with Crippen LogP contribution in [0, 0.1) is 12.7 Å². The zero-order valence-corrected chi connectivity index (χ0v) is 20.4. The maximum atomic E-state index is 14.6. The van der Waals surface area contributed by atoms with Gasteiger partial charge in [0.15, 0.2) is 16.8 Å². The number of anilines is 1. The number of hydrogen-bond donors (Lipinski definition) is 2. The van der Waals surface area contributed by atoms with Gasteiger partial charge in [0, 0.05) is 41.0 Å². The number of benzene rings is 3. The van der Waals surface area contributed by atoms with E-state index in [-0.39, 0.29) is 23.0 Å². The fraction of sp³-hybridized carbons (Fsp3) is 0.111. The number of halogens is 1. The molecule has 1 amide bonds. The van der Waals surface area contributed by atoms with Gasteiger partial charge in [-0.2, -0.15) is 0 Å². The Bertz CT molecular complexity index is 1610. The van der Waals surface area contributed by atoms with Crippen LogP contribution in [0.1, 0.15) is 22.8 Å². The van der Waals surface area contributed by atoms with Gasteiger partial charge in [-0.15, -0.1) is 10.2 Å². The molecule has 0 saturated carbocycles. The first kappa shape index (κ1) is 23.5. The number of H-pyrrole nitrogens is 1. The van der Waals surface area contributed by atoms with Crippen molar-refractivity contribution in [1.82, 2.24) is 19.7 Å². The average Bonchev–Trinajstić information content (AvgIpc) is 3.46. The summed E-state index contributed by atoms with van der Waals surface area (Å²) < 4.78 is 16.5. The summed E-state index contributed by atoms with van der Waals surface area (Å²) in [6, 6.07) is 19.9. The summed E-state index contributed by atoms with van der Waals surface area (Å²) in [6.45, 7) is 3.34. The smallest absolute Gasteiger partial charge is 0.221 e. The van der Waals surface area contributed by atoms with E-state index >= 15 is 0 Å². The van der Waals surface area contributed by atoms with Crippen molar-refractivity contribution < 1.29 is 14.0 Å². The molecule has 0 saturated heterocycles. The van der Waals surface area contributed by atoms with Gasteiger partial charge in [-0.1, -0.05) is 42.1 Å². The van der Waals surface area contributed by atoms with Crippen LogP contribution in [0.5, 0.6) is 0 Å². The number of Topliss-reactive ketones (excluding diaryl/α,β-unsaturated/α-hetero) is 1. The van der Waals surface area contributed by atoms with Crippen LogP contribution < -0.4 is 5.32 Å². The molecule has 0 fully saturated rings. The molecule has 3 aromatic carbocycles. The number of carbonyl (C=O) groups is 2. The van der Waals surface area contributed by atoms with Gasteiger partial charge in [-0.25, -0.2) is 4.39 Å².